The summed E-state index contributed by atoms with van der Waals surface area (Å²) in [6.07, 6.45) is 0.988. The number of rotatable bonds is 1. The lowest BCUT2D eigenvalue weighted by Crippen LogP contribution is -2.29. The van der Waals surface area contributed by atoms with Crippen molar-refractivity contribution in [3.63, 3.8) is 0 Å². The maximum absolute atomic E-state index is 11.7. The molecule has 0 saturated carbocycles. The van der Waals surface area contributed by atoms with E-state index in [0.29, 0.717) is 11.8 Å². The Kier molecular flexibility index (Phi) is 3.83. The van der Waals surface area contributed by atoms with Crippen LogP contribution in [-0.4, -0.2) is 21.8 Å². The Morgan fingerprint density at radius 2 is 2.40 bits per heavy atom. The smallest absolute Gasteiger partial charge is 0.0931 e. The van der Waals surface area contributed by atoms with E-state index in [-0.39, 0.29) is 6.04 Å². The first-order valence-electron chi connectivity index (χ1n) is 5.01. The summed E-state index contributed by atoms with van der Waals surface area (Å²) in [6, 6.07) is 4.57. The fourth-order valence-electron chi connectivity index (χ4n) is 1.73. The Morgan fingerprint density at radius 3 is 3.07 bits per heavy atom. The van der Waals surface area contributed by atoms with Crippen molar-refractivity contribution in [1.82, 2.24) is 5.32 Å². The van der Waals surface area contributed by atoms with Gasteiger partial charge in [0.1, 0.15) is 0 Å². The van der Waals surface area contributed by atoms with Gasteiger partial charge in [-0.1, -0.05) is 11.6 Å². The van der Waals surface area contributed by atoms with Crippen LogP contribution in [0.2, 0.25) is 4.34 Å². The lowest BCUT2D eigenvalue weighted by Gasteiger charge is -2.17. The molecule has 1 N–H and O–H groups in total. The third kappa shape index (κ3) is 3.03. The van der Waals surface area contributed by atoms with Gasteiger partial charge in [0.05, 0.1) is 10.4 Å². The standard InChI is InChI=1S/C10H14ClNOS2/c1-7-4-5-15(13)6-8(12-7)9-2-3-10(11)14-9/h2-3,7-8,12H,4-6H2,1H3. The van der Waals surface area contributed by atoms with Crippen LogP contribution < -0.4 is 5.32 Å². The van der Waals surface area contributed by atoms with E-state index in [2.05, 4.69) is 12.2 Å². The van der Waals surface area contributed by atoms with E-state index in [4.69, 9.17) is 11.6 Å². The number of thiophene rings is 1. The van der Waals surface area contributed by atoms with Gasteiger partial charge in [0.25, 0.3) is 0 Å². The van der Waals surface area contributed by atoms with Gasteiger partial charge in [-0.25, -0.2) is 0 Å². The molecule has 2 nitrogen and oxygen atoms in total. The third-order valence-electron chi connectivity index (χ3n) is 2.55. The molecule has 1 aromatic rings. The highest BCUT2D eigenvalue weighted by Gasteiger charge is 2.22. The van der Waals surface area contributed by atoms with Crippen molar-refractivity contribution < 1.29 is 4.21 Å². The zero-order chi connectivity index (χ0) is 10.8. The Morgan fingerprint density at radius 1 is 1.60 bits per heavy atom. The summed E-state index contributed by atoms with van der Waals surface area (Å²) in [5.41, 5.74) is 0. The summed E-state index contributed by atoms with van der Waals surface area (Å²) in [6.45, 7) is 2.14. The molecule has 1 aliphatic heterocycles. The fourth-order valence-corrected chi connectivity index (χ4v) is 4.39. The fraction of sp³-hybridized carbons (Fsp3) is 0.600. The molecule has 0 spiro atoms. The van der Waals surface area contributed by atoms with Crippen molar-refractivity contribution in [2.24, 2.45) is 0 Å². The Bertz CT molecular complexity index is 366. The molecule has 0 aromatic carbocycles. The van der Waals surface area contributed by atoms with Crippen molar-refractivity contribution in [1.29, 1.82) is 0 Å². The molecular formula is C10H14ClNOS2. The van der Waals surface area contributed by atoms with Crippen LogP contribution in [0, 0.1) is 0 Å². The summed E-state index contributed by atoms with van der Waals surface area (Å²) < 4.78 is 12.5. The molecular weight excluding hydrogens is 250 g/mol. The highest BCUT2D eigenvalue weighted by molar-refractivity contribution is 7.85. The van der Waals surface area contributed by atoms with Gasteiger partial charge in [-0.15, -0.1) is 11.3 Å². The highest BCUT2D eigenvalue weighted by atomic mass is 35.5. The van der Waals surface area contributed by atoms with Crippen LogP contribution in [0.4, 0.5) is 0 Å². The second-order valence-corrected chi connectivity index (χ2v) is 7.23. The van der Waals surface area contributed by atoms with Crippen LogP contribution in [0.25, 0.3) is 0 Å². The second-order valence-electron chi connectivity index (χ2n) is 3.86. The van der Waals surface area contributed by atoms with Gasteiger partial charge in [-0.2, -0.15) is 0 Å². The largest absolute Gasteiger partial charge is 0.306 e. The summed E-state index contributed by atoms with van der Waals surface area (Å²) in [5, 5.41) is 3.50. The predicted octanol–water partition coefficient (Wildman–Crippen LogP) is 2.57. The number of hydrogen-bond acceptors (Lipinski definition) is 3. The molecule has 0 radical (unpaired) electrons. The van der Waals surface area contributed by atoms with Crippen LogP contribution in [0.15, 0.2) is 12.1 Å². The summed E-state index contributed by atoms with van der Waals surface area (Å²) in [4.78, 5) is 1.20. The summed E-state index contributed by atoms with van der Waals surface area (Å²) in [7, 11) is -0.698. The molecule has 5 heteroatoms. The van der Waals surface area contributed by atoms with Crippen molar-refractivity contribution in [2.75, 3.05) is 11.5 Å². The molecule has 15 heavy (non-hydrogen) atoms. The van der Waals surface area contributed by atoms with Gasteiger partial charge in [-0.05, 0) is 25.5 Å². The van der Waals surface area contributed by atoms with E-state index >= 15 is 0 Å². The monoisotopic (exact) mass is 263 g/mol. The van der Waals surface area contributed by atoms with Gasteiger partial charge in [-0.3, -0.25) is 4.21 Å². The van der Waals surface area contributed by atoms with Gasteiger partial charge in [0.2, 0.25) is 0 Å². The van der Waals surface area contributed by atoms with Crippen LogP contribution >= 0.6 is 22.9 Å². The van der Waals surface area contributed by atoms with Crippen LogP contribution in [0.5, 0.6) is 0 Å². The molecule has 2 rings (SSSR count). The van der Waals surface area contributed by atoms with Crippen LogP contribution in [0.3, 0.4) is 0 Å². The molecule has 0 amide bonds. The molecule has 1 saturated heterocycles. The summed E-state index contributed by atoms with van der Waals surface area (Å²) in [5.74, 6) is 1.52. The normalized spacial score (nSPS) is 32.5. The zero-order valence-electron chi connectivity index (χ0n) is 8.53. The van der Waals surface area contributed by atoms with Crippen molar-refractivity contribution in [2.45, 2.75) is 25.4 Å². The summed E-state index contributed by atoms with van der Waals surface area (Å²) >= 11 is 7.48. The van der Waals surface area contributed by atoms with Gasteiger partial charge >= 0.3 is 0 Å². The second kappa shape index (κ2) is 4.95. The predicted molar refractivity (Wildman–Crippen MR) is 67.2 cm³/mol. The van der Waals surface area contributed by atoms with Gasteiger partial charge in [0, 0.05) is 33.2 Å². The lowest BCUT2D eigenvalue weighted by molar-refractivity contribution is 0.489. The average Bonchev–Trinajstić information content (AvgIpc) is 2.53. The minimum absolute atomic E-state index is 0.209. The third-order valence-corrected chi connectivity index (χ3v) is 5.30. The Labute approximate surface area is 101 Å². The molecule has 84 valence electrons. The Balaban J connectivity index is 2.16. The van der Waals surface area contributed by atoms with E-state index in [9.17, 15) is 4.21 Å². The number of halogens is 1. The first-order valence-corrected chi connectivity index (χ1v) is 7.69. The first kappa shape index (κ1) is 11.6. The van der Waals surface area contributed by atoms with Crippen LogP contribution in [0.1, 0.15) is 24.3 Å². The lowest BCUT2D eigenvalue weighted by atomic mass is 10.2. The van der Waals surface area contributed by atoms with E-state index < -0.39 is 10.8 Å². The van der Waals surface area contributed by atoms with Gasteiger partial charge < -0.3 is 5.32 Å². The topological polar surface area (TPSA) is 29.1 Å². The molecule has 3 atom stereocenters. The molecule has 1 aromatic heterocycles. The molecule has 1 aliphatic rings. The average molecular weight is 264 g/mol. The van der Waals surface area contributed by atoms with Crippen LogP contribution in [-0.2, 0) is 10.8 Å². The number of hydrogen-bond donors (Lipinski definition) is 1. The Hall–Kier alpha value is 0.1000. The maximum Gasteiger partial charge on any atom is 0.0931 e. The van der Waals surface area contributed by atoms with Crippen molar-refractivity contribution >= 4 is 33.7 Å². The highest BCUT2D eigenvalue weighted by Crippen LogP contribution is 2.29. The quantitative estimate of drug-likeness (QED) is 0.844. The molecule has 3 unspecified atom stereocenters. The number of nitrogens with one attached hydrogen (secondary N) is 1. The maximum atomic E-state index is 11.7. The SMILES string of the molecule is CC1CCS(=O)CC(c2ccc(Cl)s2)N1. The molecule has 1 fully saturated rings. The van der Waals surface area contributed by atoms with E-state index in [0.717, 1.165) is 16.5 Å². The molecule has 0 aliphatic carbocycles. The molecule has 0 bridgehead atoms. The zero-order valence-corrected chi connectivity index (χ0v) is 10.9. The van der Waals surface area contributed by atoms with Gasteiger partial charge in [0.15, 0.2) is 0 Å². The molecule has 2 heterocycles. The van der Waals surface area contributed by atoms with E-state index in [1.807, 2.05) is 12.1 Å². The van der Waals surface area contributed by atoms with E-state index in [1.54, 1.807) is 11.3 Å². The minimum Gasteiger partial charge on any atom is -0.306 e. The minimum atomic E-state index is -0.698. The van der Waals surface area contributed by atoms with E-state index in [1.165, 1.54) is 4.88 Å². The van der Waals surface area contributed by atoms with Crippen molar-refractivity contribution in [3.05, 3.63) is 21.3 Å². The van der Waals surface area contributed by atoms with Crippen molar-refractivity contribution in [3.8, 4) is 0 Å². The first-order chi connectivity index (χ1) is 7.15.